The van der Waals surface area contributed by atoms with Crippen molar-refractivity contribution >= 4 is 20.9 Å². The monoisotopic (exact) mass is 331 g/mol. The van der Waals surface area contributed by atoms with Gasteiger partial charge in [0.25, 0.3) is 0 Å². The van der Waals surface area contributed by atoms with E-state index < -0.39 is 10.0 Å². The molecule has 4 rings (SSSR count). The molecule has 6 heteroatoms. The Balaban J connectivity index is 1.77. The highest BCUT2D eigenvalue weighted by Gasteiger charge is 2.45. The van der Waals surface area contributed by atoms with Gasteiger partial charge in [-0.25, -0.2) is 8.42 Å². The molecular formula is C17H21N3O2S. The van der Waals surface area contributed by atoms with Crippen molar-refractivity contribution in [2.75, 3.05) is 13.1 Å². The average Bonchev–Trinajstić information content (AvgIpc) is 3.11. The second-order valence-corrected chi connectivity index (χ2v) is 8.67. The number of sulfonamides is 1. The first-order valence-electron chi connectivity index (χ1n) is 8.08. The Hall–Kier alpha value is -1.50. The molecule has 3 atom stereocenters. The topological polar surface area (TPSA) is 76.3 Å². The molecule has 3 unspecified atom stereocenters. The molecule has 2 fully saturated rings. The van der Waals surface area contributed by atoms with Gasteiger partial charge < -0.3 is 5.73 Å². The normalized spacial score (nSPS) is 28.3. The summed E-state index contributed by atoms with van der Waals surface area (Å²) in [4.78, 5) is 4.71. The predicted molar refractivity (Wildman–Crippen MR) is 89.4 cm³/mol. The Morgan fingerprint density at radius 3 is 2.83 bits per heavy atom. The summed E-state index contributed by atoms with van der Waals surface area (Å²) in [7, 11) is -3.51. The summed E-state index contributed by atoms with van der Waals surface area (Å²) in [6, 6.07) is 7.31. The summed E-state index contributed by atoms with van der Waals surface area (Å²) in [5.41, 5.74) is 7.88. The lowest BCUT2D eigenvalue weighted by Gasteiger charge is -2.20. The lowest BCUT2D eigenvalue weighted by molar-refractivity contribution is 0.427. The number of nitrogens with zero attached hydrogens (tertiary/aromatic N) is 2. The third-order valence-electron chi connectivity index (χ3n) is 5.43. The van der Waals surface area contributed by atoms with Crippen LogP contribution in [0, 0.1) is 18.8 Å². The van der Waals surface area contributed by atoms with E-state index in [1.165, 1.54) is 0 Å². The molecule has 2 heterocycles. The summed E-state index contributed by atoms with van der Waals surface area (Å²) >= 11 is 0. The quantitative estimate of drug-likeness (QED) is 0.912. The van der Waals surface area contributed by atoms with Gasteiger partial charge in [0.2, 0.25) is 10.0 Å². The fraction of sp³-hybridized carbons (Fsp3) is 0.471. The van der Waals surface area contributed by atoms with Crippen molar-refractivity contribution in [3.05, 3.63) is 36.0 Å². The van der Waals surface area contributed by atoms with Crippen molar-refractivity contribution < 1.29 is 8.42 Å². The molecule has 1 aromatic heterocycles. The van der Waals surface area contributed by atoms with Gasteiger partial charge in [0.15, 0.2) is 0 Å². The van der Waals surface area contributed by atoms with Gasteiger partial charge in [-0.1, -0.05) is 6.07 Å². The van der Waals surface area contributed by atoms with E-state index >= 15 is 0 Å². The molecule has 1 saturated carbocycles. The van der Waals surface area contributed by atoms with Crippen molar-refractivity contribution in [2.45, 2.75) is 30.7 Å². The van der Waals surface area contributed by atoms with Crippen LogP contribution >= 0.6 is 0 Å². The highest BCUT2D eigenvalue weighted by atomic mass is 32.2. The molecule has 0 radical (unpaired) electrons. The third-order valence-corrected chi connectivity index (χ3v) is 7.32. The number of benzene rings is 1. The minimum Gasteiger partial charge on any atom is -0.327 e. The summed E-state index contributed by atoms with van der Waals surface area (Å²) in [5.74, 6) is 0.717. The van der Waals surface area contributed by atoms with Crippen LogP contribution in [0.2, 0.25) is 0 Å². The van der Waals surface area contributed by atoms with Crippen LogP contribution in [-0.2, 0) is 10.0 Å². The van der Waals surface area contributed by atoms with Crippen LogP contribution in [-0.4, -0.2) is 36.8 Å². The number of hydrogen-bond donors (Lipinski definition) is 1. The van der Waals surface area contributed by atoms with E-state index in [1.54, 1.807) is 22.6 Å². The molecular weight excluding hydrogens is 310 g/mol. The highest BCUT2D eigenvalue weighted by molar-refractivity contribution is 7.89. The zero-order valence-electron chi connectivity index (χ0n) is 13.1. The molecule has 0 amide bonds. The van der Waals surface area contributed by atoms with Gasteiger partial charge in [-0.3, -0.25) is 4.98 Å². The van der Waals surface area contributed by atoms with Gasteiger partial charge in [-0.15, -0.1) is 0 Å². The Bertz CT molecular complexity index is 865. The van der Waals surface area contributed by atoms with Crippen molar-refractivity contribution in [3.8, 4) is 0 Å². The molecule has 2 aromatic rings. The van der Waals surface area contributed by atoms with Gasteiger partial charge in [0.05, 0.1) is 10.4 Å². The largest absolute Gasteiger partial charge is 0.327 e. The maximum atomic E-state index is 13.2. The molecule has 2 aliphatic rings. The first-order chi connectivity index (χ1) is 11.0. The standard InChI is InChI=1S/C17H21N3O2S/c1-11-4-7-16(13-3-2-8-19-17(11)13)23(21,22)20-9-12-5-6-15(18)14(12)10-20/h2-4,7-8,12,14-15H,5-6,9-10,18H2,1H3. The number of pyridine rings is 1. The summed E-state index contributed by atoms with van der Waals surface area (Å²) < 4.78 is 27.9. The molecule has 1 saturated heterocycles. The summed E-state index contributed by atoms with van der Waals surface area (Å²) in [6.45, 7) is 3.09. The average molecular weight is 331 g/mol. The van der Waals surface area contributed by atoms with Crippen LogP contribution < -0.4 is 5.73 Å². The molecule has 122 valence electrons. The number of aryl methyl sites for hydroxylation is 1. The molecule has 0 spiro atoms. The zero-order chi connectivity index (χ0) is 16.2. The van der Waals surface area contributed by atoms with Crippen LogP contribution in [0.4, 0.5) is 0 Å². The Labute approximate surface area is 136 Å². The number of fused-ring (bicyclic) bond motifs is 2. The Kier molecular flexibility index (Phi) is 3.44. The lowest BCUT2D eigenvalue weighted by atomic mass is 9.98. The zero-order valence-corrected chi connectivity index (χ0v) is 14.0. The van der Waals surface area contributed by atoms with E-state index in [9.17, 15) is 8.42 Å². The lowest BCUT2D eigenvalue weighted by Crippen LogP contribution is -2.33. The second-order valence-electron chi connectivity index (χ2n) is 6.77. The van der Waals surface area contributed by atoms with Gasteiger partial charge in [-0.2, -0.15) is 4.31 Å². The van der Waals surface area contributed by atoms with Crippen LogP contribution in [0.25, 0.3) is 10.9 Å². The van der Waals surface area contributed by atoms with E-state index in [0.717, 1.165) is 23.9 Å². The van der Waals surface area contributed by atoms with Crippen molar-refractivity contribution in [2.24, 2.45) is 17.6 Å². The van der Waals surface area contributed by atoms with Gasteiger partial charge in [0.1, 0.15) is 0 Å². The minimum absolute atomic E-state index is 0.136. The molecule has 0 bridgehead atoms. The number of hydrogen-bond acceptors (Lipinski definition) is 4. The van der Waals surface area contributed by atoms with Crippen LogP contribution in [0.5, 0.6) is 0 Å². The Morgan fingerprint density at radius 1 is 1.22 bits per heavy atom. The van der Waals surface area contributed by atoms with Crippen LogP contribution in [0.1, 0.15) is 18.4 Å². The molecule has 1 aliphatic carbocycles. The maximum absolute atomic E-state index is 13.2. The summed E-state index contributed by atoms with van der Waals surface area (Å²) in [6.07, 6.45) is 3.75. The second kappa shape index (κ2) is 5.26. The van der Waals surface area contributed by atoms with Crippen molar-refractivity contribution in [1.29, 1.82) is 0 Å². The fourth-order valence-corrected chi connectivity index (χ4v) is 5.83. The number of aromatic nitrogens is 1. The molecule has 2 N–H and O–H groups in total. The van der Waals surface area contributed by atoms with E-state index in [1.807, 2.05) is 19.1 Å². The SMILES string of the molecule is Cc1ccc(S(=O)(=O)N2CC3CCC(N)C3C2)c2cccnc12. The van der Waals surface area contributed by atoms with Crippen molar-refractivity contribution in [1.82, 2.24) is 9.29 Å². The summed E-state index contributed by atoms with van der Waals surface area (Å²) in [5, 5.41) is 0.703. The van der Waals surface area contributed by atoms with Crippen LogP contribution in [0.15, 0.2) is 35.4 Å². The molecule has 1 aliphatic heterocycles. The van der Waals surface area contributed by atoms with E-state index in [2.05, 4.69) is 4.98 Å². The molecule has 23 heavy (non-hydrogen) atoms. The minimum atomic E-state index is -3.51. The fourth-order valence-electron chi connectivity index (χ4n) is 4.11. The number of rotatable bonds is 2. The first-order valence-corrected chi connectivity index (χ1v) is 9.52. The van der Waals surface area contributed by atoms with Crippen LogP contribution in [0.3, 0.4) is 0 Å². The maximum Gasteiger partial charge on any atom is 0.243 e. The van der Waals surface area contributed by atoms with Gasteiger partial charge >= 0.3 is 0 Å². The highest BCUT2D eigenvalue weighted by Crippen LogP contribution is 2.40. The Morgan fingerprint density at radius 2 is 2.04 bits per heavy atom. The molecule has 1 aromatic carbocycles. The number of nitrogens with two attached hydrogens (primary N) is 1. The third kappa shape index (κ3) is 2.28. The predicted octanol–water partition coefficient (Wildman–Crippen LogP) is 1.90. The smallest absolute Gasteiger partial charge is 0.243 e. The van der Waals surface area contributed by atoms with Crippen molar-refractivity contribution in [3.63, 3.8) is 0 Å². The van der Waals surface area contributed by atoms with Gasteiger partial charge in [0, 0.05) is 30.7 Å². The van der Waals surface area contributed by atoms with E-state index in [0.29, 0.717) is 35.2 Å². The molecule has 5 nitrogen and oxygen atoms in total. The first kappa shape index (κ1) is 15.1. The van der Waals surface area contributed by atoms with E-state index in [4.69, 9.17) is 5.73 Å². The van der Waals surface area contributed by atoms with E-state index in [-0.39, 0.29) is 6.04 Å². The van der Waals surface area contributed by atoms with Gasteiger partial charge in [-0.05, 0) is 55.4 Å².